The molecule has 1 aliphatic rings. The Kier molecular flexibility index (Phi) is 7.67. The number of hydrogen-bond acceptors (Lipinski definition) is 4. The zero-order valence-electron chi connectivity index (χ0n) is 14.4. The van der Waals surface area contributed by atoms with Gasteiger partial charge in [0.15, 0.2) is 0 Å². The van der Waals surface area contributed by atoms with Gasteiger partial charge in [0.05, 0.1) is 7.11 Å². The van der Waals surface area contributed by atoms with Gasteiger partial charge in [-0.1, -0.05) is 26.7 Å². The van der Waals surface area contributed by atoms with Gasteiger partial charge in [0.25, 0.3) is 0 Å². The van der Waals surface area contributed by atoms with E-state index in [4.69, 9.17) is 10.5 Å². The summed E-state index contributed by atoms with van der Waals surface area (Å²) in [4.78, 5) is 14.2. The fourth-order valence-electron chi connectivity index (χ4n) is 3.30. The number of rotatable bonds is 9. The van der Waals surface area contributed by atoms with Crippen molar-refractivity contribution in [3.63, 3.8) is 0 Å². The largest absolute Gasteiger partial charge is 0.468 e. The van der Waals surface area contributed by atoms with Crippen LogP contribution in [0.25, 0.3) is 0 Å². The van der Waals surface area contributed by atoms with Crippen molar-refractivity contribution < 1.29 is 9.53 Å². The molecule has 1 atom stereocenters. The molecule has 0 spiro atoms. The predicted molar refractivity (Wildman–Crippen MR) is 87.1 cm³/mol. The van der Waals surface area contributed by atoms with E-state index in [0.29, 0.717) is 12.3 Å². The molecule has 2 N–H and O–H groups in total. The highest BCUT2D eigenvalue weighted by molar-refractivity contribution is 5.79. The van der Waals surface area contributed by atoms with Crippen molar-refractivity contribution in [1.29, 1.82) is 0 Å². The lowest BCUT2D eigenvalue weighted by Crippen LogP contribution is -2.45. The molecule has 1 aliphatic carbocycles. The number of unbranched alkanes of at least 4 members (excludes halogenated alkanes) is 1. The first-order valence-electron chi connectivity index (χ1n) is 8.48. The van der Waals surface area contributed by atoms with Crippen molar-refractivity contribution >= 4 is 5.97 Å². The van der Waals surface area contributed by atoms with E-state index in [1.807, 2.05) is 0 Å². The van der Waals surface area contributed by atoms with Gasteiger partial charge in [0, 0.05) is 12.6 Å². The summed E-state index contributed by atoms with van der Waals surface area (Å²) in [7, 11) is 1.40. The fraction of sp³-hybridized carbons (Fsp3) is 0.941. The van der Waals surface area contributed by atoms with Gasteiger partial charge >= 0.3 is 5.97 Å². The molecule has 1 saturated carbocycles. The van der Waals surface area contributed by atoms with Crippen LogP contribution >= 0.6 is 0 Å². The summed E-state index contributed by atoms with van der Waals surface area (Å²) in [5, 5.41) is 0. The Labute approximate surface area is 130 Å². The minimum Gasteiger partial charge on any atom is -0.468 e. The molecule has 21 heavy (non-hydrogen) atoms. The van der Waals surface area contributed by atoms with E-state index in [2.05, 4.69) is 18.7 Å². The number of esters is 1. The first-order valence-corrected chi connectivity index (χ1v) is 8.48. The Morgan fingerprint density at radius 2 is 1.95 bits per heavy atom. The molecule has 0 aromatic heterocycles. The van der Waals surface area contributed by atoms with Crippen LogP contribution in [0.2, 0.25) is 0 Å². The van der Waals surface area contributed by atoms with Gasteiger partial charge in [-0.2, -0.15) is 0 Å². The average Bonchev–Trinajstić information content (AvgIpc) is 2.94. The van der Waals surface area contributed by atoms with Crippen LogP contribution in [-0.2, 0) is 9.53 Å². The topological polar surface area (TPSA) is 55.6 Å². The van der Waals surface area contributed by atoms with Crippen LogP contribution in [0.1, 0.15) is 65.7 Å². The third kappa shape index (κ3) is 6.35. The highest BCUT2D eigenvalue weighted by Crippen LogP contribution is 2.25. The van der Waals surface area contributed by atoms with Crippen LogP contribution < -0.4 is 5.73 Å². The summed E-state index contributed by atoms with van der Waals surface area (Å²) in [5.74, 6) is 0.401. The molecular weight excluding hydrogens is 264 g/mol. The molecule has 0 saturated heterocycles. The molecule has 4 nitrogen and oxygen atoms in total. The first-order chi connectivity index (χ1) is 9.86. The summed E-state index contributed by atoms with van der Waals surface area (Å²) in [6.45, 7) is 8.65. The molecule has 0 aromatic rings. The second-order valence-corrected chi connectivity index (χ2v) is 7.19. The van der Waals surface area contributed by atoms with Crippen molar-refractivity contribution in [2.75, 3.05) is 20.2 Å². The lowest BCUT2D eigenvalue weighted by atomic mass is 9.96. The molecule has 0 radical (unpaired) electrons. The van der Waals surface area contributed by atoms with Crippen LogP contribution in [0, 0.1) is 5.92 Å². The summed E-state index contributed by atoms with van der Waals surface area (Å²) < 4.78 is 4.75. The zero-order valence-corrected chi connectivity index (χ0v) is 14.4. The maximum atomic E-state index is 11.6. The molecule has 0 heterocycles. The number of nitrogens with two attached hydrogens (primary N) is 1. The van der Waals surface area contributed by atoms with E-state index < -0.39 is 5.54 Å². The second-order valence-electron chi connectivity index (χ2n) is 7.19. The monoisotopic (exact) mass is 298 g/mol. The Balaban J connectivity index is 2.34. The third-order valence-corrected chi connectivity index (χ3v) is 4.48. The van der Waals surface area contributed by atoms with Crippen LogP contribution in [0.15, 0.2) is 0 Å². The van der Waals surface area contributed by atoms with Gasteiger partial charge in [0.1, 0.15) is 5.54 Å². The van der Waals surface area contributed by atoms with Crippen molar-refractivity contribution in [2.24, 2.45) is 11.7 Å². The average molecular weight is 298 g/mol. The number of hydrogen-bond donors (Lipinski definition) is 1. The Morgan fingerprint density at radius 3 is 2.48 bits per heavy atom. The lowest BCUT2D eigenvalue weighted by molar-refractivity contribution is -0.146. The molecule has 1 rings (SSSR count). The summed E-state index contributed by atoms with van der Waals surface area (Å²) in [6, 6.07) is 0.775. The Hall–Kier alpha value is -0.610. The van der Waals surface area contributed by atoms with Crippen molar-refractivity contribution in [2.45, 2.75) is 77.3 Å². The quantitative estimate of drug-likeness (QED) is 0.525. The van der Waals surface area contributed by atoms with Gasteiger partial charge < -0.3 is 15.4 Å². The molecule has 1 unspecified atom stereocenters. The van der Waals surface area contributed by atoms with Gasteiger partial charge in [0.2, 0.25) is 0 Å². The smallest absolute Gasteiger partial charge is 0.325 e. The molecular formula is C17H34N2O2. The fourth-order valence-corrected chi connectivity index (χ4v) is 3.30. The third-order valence-electron chi connectivity index (χ3n) is 4.48. The first kappa shape index (κ1) is 18.4. The second kappa shape index (κ2) is 8.74. The molecule has 0 amide bonds. The maximum absolute atomic E-state index is 11.6. The molecule has 1 fully saturated rings. The van der Waals surface area contributed by atoms with E-state index in [-0.39, 0.29) is 5.97 Å². The van der Waals surface area contributed by atoms with Crippen LogP contribution in [0.5, 0.6) is 0 Å². The summed E-state index contributed by atoms with van der Waals surface area (Å²) >= 11 is 0. The minimum atomic E-state index is -0.842. The van der Waals surface area contributed by atoms with Crippen molar-refractivity contribution in [3.8, 4) is 0 Å². The summed E-state index contributed by atoms with van der Waals surface area (Å²) in [6.07, 6.45) is 8.23. The Bertz CT molecular complexity index is 310. The molecule has 4 heteroatoms. The predicted octanol–water partition coefficient (Wildman–Crippen LogP) is 2.95. The molecule has 0 aromatic carbocycles. The lowest BCUT2D eigenvalue weighted by Gasteiger charge is -2.31. The number of methoxy groups -OCH3 is 1. The molecule has 0 aliphatic heterocycles. The zero-order chi connectivity index (χ0) is 15.9. The van der Waals surface area contributed by atoms with E-state index in [9.17, 15) is 4.79 Å². The normalized spacial score (nSPS) is 19.2. The van der Waals surface area contributed by atoms with Gasteiger partial charge in [-0.05, 0) is 51.5 Å². The maximum Gasteiger partial charge on any atom is 0.325 e. The van der Waals surface area contributed by atoms with Crippen LogP contribution in [-0.4, -0.2) is 42.6 Å². The van der Waals surface area contributed by atoms with Crippen LogP contribution in [0.4, 0.5) is 0 Å². The SMILES string of the molecule is COC(=O)C(C)(N)CCCCN(CC(C)C)C1CCCC1. The highest BCUT2D eigenvalue weighted by atomic mass is 16.5. The minimum absolute atomic E-state index is 0.308. The molecule has 0 bridgehead atoms. The van der Waals surface area contributed by atoms with Gasteiger partial charge in [-0.25, -0.2) is 0 Å². The summed E-state index contributed by atoms with van der Waals surface area (Å²) in [5.41, 5.74) is 5.16. The Morgan fingerprint density at radius 1 is 1.33 bits per heavy atom. The van der Waals surface area contributed by atoms with E-state index >= 15 is 0 Å². The van der Waals surface area contributed by atoms with E-state index in [1.165, 1.54) is 39.3 Å². The van der Waals surface area contributed by atoms with Gasteiger partial charge in [-0.15, -0.1) is 0 Å². The van der Waals surface area contributed by atoms with E-state index in [0.717, 1.165) is 25.4 Å². The van der Waals surface area contributed by atoms with Gasteiger partial charge in [-0.3, -0.25) is 4.79 Å². The van der Waals surface area contributed by atoms with Crippen molar-refractivity contribution in [3.05, 3.63) is 0 Å². The van der Waals surface area contributed by atoms with E-state index in [1.54, 1.807) is 6.92 Å². The number of carbonyl (C=O) groups excluding carboxylic acids is 1. The number of carbonyl (C=O) groups is 1. The number of nitrogens with zero attached hydrogens (tertiary/aromatic N) is 1. The highest BCUT2D eigenvalue weighted by Gasteiger charge is 2.29. The van der Waals surface area contributed by atoms with Crippen LogP contribution in [0.3, 0.4) is 0 Å². The number of ether oxygens (including phenoxy) is 1. The molecule has 124 valence electrons. The standard InChI is InChI=1S/C17H34N2O2/c1-14(2)13-19(15-9-5-6-10-15)12-8-7-11-17(3,18)16(20)21-4/h14-15H,5-13,18H2,1-4H3. The van der Waals surface area contributed by atoms with Crippen molar-refractivity contribution in [1.82, 2.24) is 4.90 Å².